The van der Waals surface area contributed by atoms with E-state index in [2.05, 4.69) is 4.90 Å². The summed E-state index contributed by atoms with van der Waals surface area (Å²) >= 11 is 12.3. The van der Waals surface area contributed by atoms with Gasteiger partial charge in [-0.15, -0.1) is 11.6 Å². The molecule has 1 unspecified atom stereocenters. The van der Waals surface area contributed by atoms with Gasteiger partial charge in [0.2, 0.25) is 0 Å². The van der Waals surface area contributed by atoms with Crippen LogP contribution in [0.5, 0.6) is 0 Å². The molecule has 0 aromatic heterocycles. The van der Waals surface area contributed by atoms with Crippen molar-refractivity contribution < 1.29 is 9.47 Å². The number of methoxy groups -OCH3 is 2. The topological polar surface area (TPSA) is 21.7 Å². The molecule has 0 heterocycles. The Morgan fingerprint density at radius 1 is 1.05 bits per heavy atom. The molecule has 108 valence electrons. The monoisotopic (exact) mass is 305 g/mol. The maximum Gasteiger partial charge on any atom is 0.0712 e. The highest BCUT2D eigenvalue weighted by molar-refractivity contribution is 6.30. The fraction of sp³-hybridized carbons (Fsp3) is 0.571. The first kappa shape index (κ1) is 16.7. The van der Waals surface area contributed by atoms with Crippen LogP contribution in [0, 0.1) is 0 Å². The zero-order valence-electron chi connectivity index (χ0n) is 11.4. The van der Waals surface area contributed by atoms with E-state index >= 15 is 0 Å². The molecule has 19 heavy (non-hydrogen) atoms. The van der Waals surface area contributed by atoms with E-state index < -0.39 is 0 Å². The molecule has 1 rings (SSSR count). The third-order valence-electron chi connectivity index (χ3n) is 2.87. The standard InChI is InChI=1S/C14H21Cl2NO2/c1-18-9-7-17(8-10-19-2)11-14(16)12-3-5-13(15)6-4-12/h3-6,14H,7-11H2,1-2H3. The Morgan fingerprint density at radius 3 is 2.05 bits per heavy atom. The highest BCUT2D eigenvalue weighted by Gasteiger charge is 2.13. The number of ether oxygens (including phenoxy) is 2. The summed E-state index contributed by atoms with van der Waals surface area (Å²) in [7, 11) is 3.40. The summed E-state index contributed by atoms with van der Waals surface area (Å²) in [5.41, 5.74) is 1.07. The van der Waals surface area contributed by atoms with E-state index in [1.807, 2.05) is 24.3 Å². The van der Waals surface area contributed by atoms with Gasteiger partial charge in [0.05, 0.1) is 18.6 Å². The van der Waals surface area contributed by atoms with Crippen molar-refractivity contribution in [3.63, 3.8) is 0 Å². The predicted molar refractivity (Wildman–Crippen MR) is 80.2 cm³/mol. The van der Waals surface area contributed by atoms with Crippen LogP contribution in [0.3, 0.4) is 0 Å². The fourth-order valence-corrected chi connectivity index (χ4v) is 2.21. The van der Waals surface area contributed by atoms with Crippen molar-refractivity contribution in [3.05, 3.63) is 34.9 Å². The molecule has 1 atom stereocenters. The van der Waals surface area contributed by atoms with Gasteiger partial charge in [-0.2, -0.15) is 0 Å². The molecule has 0 amide bonds. The van der Waals surface area contributed by atoms with Gasteiger partial charge in [-0.25, -0.2) is 0 Å². The van der Waals surface area contributed by atoms with E-state index in [1.54, 1.807) is 14.2 Å². The minimum absolute atomic E-state index is 0.0639. The number of benzene rings is 1. The molecular weight excluding hydrogens is 285 g/mol. The highest BCUT2D eigenvalue weighted by Crippen LogP contribution is 2.23. The predicted octanol–water partition coefficient (Wildman–Crippen LogP) is 3.21. The van der Waals surface area contributed by atoms with Crippen LogP contribution in [0.2, 0.25) is 5.02 Å². The smallest absolute Gasteiger partial charge is 0.0712 e. The van der Waals surface area contributed by atoms with Gasteiger partial charge in [0.25, 0.3) is 0 Å². The second kappa shape index (κ2) is 9.56. The largest absolute Gasteiger partial charge is 0.383 e. The van der Waals surface area contributed by atoms with Crippen molar-refractivity contribution in [2.45, 2.75) is 5.38 Å². The molecule has 0 aliphatic heterocycles. The Morgan fingerprint density at radius 2 is 1.58 bits per heavy atom. The molecule has 1 aromatic carbocycles. The van der Waals surface area contributed by atoms with Gasteiger partial charge < -0.3 is 9.47 Å². The van der Waals surface area contributed by atoms with Crippen molar-refractivity contribution in [2.24, 2.45) is 0 Å². The lowest BCUT2D eigenvalue weighted by atomic mass is 10.1. The summed E-state index contributed by atoms with van der Waals surface area (Å²) in [5.74, 6) is 0. The van der Waals surface area contributed by atoms with Gasteiger partial charge in [0.15, 0.2) is 0 Å². The first-order valence-electron chi connectivity index (χ1n) is 6.27. The van der Waals surface area contributed by atoms with Crippen molar-refractivity contribution in [2.75, 3.05) is 47.1 Å². The molecule has 0 aliphatic carbocycles. The summed E-state index contributed by atoms with van der Waals surface area (Å²) in [4.78, 5) is 2.24. The summed E-state index contributed by atoms with van der Waals surface area (Å²) in [6.45, 7) is 3.82. The zero-order chi connectivity index (χ0) is 14.1. The van der Waals surface area contributed by atoms with E-state index in [4.69, 9.17) is 32.7 Å². The summed E-state index contributed by atoms with van der Waals surface area (Å²) in [6, 6.07) is 7.65. The number of nitrogens with zero attached hydrogens (tertiary/aromatic N) is 1. The van der Waals surface area contributed by atoms with Crippen LogP contribution >= 0.6 is 23.2 Å². The van der Waals surface area contributed by atoms with Gasteiger partial charge in [-0.1, -0.05) is 23.7 Å². The average Bonchev–Trinajstić information content (AvgIpc) is 2.42. The molecule has 0 N–H and O–H groups in total. The lowest BCUT2D eigenvalue weighted by Gasteiger charge is -2.24. The number of hydrogen-bond donors (Lipinski definition) is 0. The van der Waals surface area contributed by atoms with E-state index in [9.17, 15) is 0 Å². The molecule has 1 aromatic rings. The van der Waals surface area contributed by atoms with Crippen LogP contribution in [-0.4, -0.2) is 52.0 Å². The van der Waals surface area contributed by atoms with Gasteiger partial charge in [-0.05, 0) is 17.7 Å². The molecule has 0 fully saturated rings. The average molecular weight is 306 g/mol. The van der Waals surface area contributed by atoms with Crippen LogP contribution < -0.4 is 0 Å². The lowest BCUT2D eigenvalue weighted by Crippen LogP contribution is -2.33. The van der Waals surface area contributed by atoms with Gasteiger partial charge >= 0.3 is 0 Å². The summed E-state index contributed by atoms with van der Waals surface area (Å²) < 4.78 is 10.2. The molecule has 0 bridgehead atoms. The summed E-state index contributed by atoms with van der Waals surface area (Å²) in [6.07, 6.45) is 0. The van der Waals surface area contributed by atoms with Crippen molar-refractivity contribution in [1.29, 1.82) is 0 Å². The van der Waals surface area contributed by atoms with Crippen LogP contribution in [-0.2, 0) is 9.47 Å². The number of halogens is 2. The van der Waals surface area contributed by atoms with Crippen LogP contribution in [0.4, 0.5) is 0 Å². The van der Waals surface area contributed by atoms with E-state index in [0.717, 1.165) is 30.2 Å². The Kier molecular flexibility index (Phi) is 8.42. The third kappa shape index (κ3) is 6.59. The van der Waals surface area contributed by atoms with Gasteiger partial charge in [-0.3, -0.25) is 4.90 Å². The van der Waals surface area contributed by atoms with Crippen LogP contribution in [0.25, 0.3) is 0 Å². The second-order valence-electron chi connectivity index (χ2n) is 4.31. The van der Waals surface area contributed by atoms with Crippen molar-refractivity contribution in [1.82, 2.24) is 4.90 Å². The maximum atomic E-state index is 6.44. The Balaban J connectivity index is 2.53. The Bertz CT molecular complexity index is 338. The number of rotatable bonds is 9. The third-order valence-corrected chi connectivity index (χ3v) is 3.52. The second-order valence-corrected chi connectivity index (χ2v) is 5.27. The molecule has 0 aliphatic rings. The minimum Gasteiger partial charge on any atom is -0.383 e. The first-order chi connectivity index (χ1) is 9.17. The molecule has 0 spiro atoms. The minimum atomic E-state index is -0.0639. The van der Waals surface area contributed by atoms with Crippen molar-refractivity contribution >= 4 is 23.2 Å². The van der Waals surface area contributed by atoms with E-state index in [-0.39, 0.29) is 5.38 Å². The first-order valence-corrected chi connectivity index (χ1v) is 7.08. The van der Waals surface area contributed by atoms with Gasteiger partial charge in [0.1, 0.15) is 0 Å². The van der Waals surface area contributed by atoms with Crippen LogP contribution in [0.15, 0.2) is 24.3 Å². The zero-order valence-corrected chi connectivity index (χ0v) is 13.0. The van der Waals surface area contributed by atoms with Gasteiger partial charge in [0, 0.05) is 38.9 Å². The number of hydrogen-bond acceptors (Lipinski definition) is 3. The molecule has 0 saturated carbocycles. The molecular formula is C14H21Cl2NO2. The molecule has 3 nitrogen and oxygen atoms in total. The number of alkyl halides is 1. The lowest BCUT2D eigenvalue weighted by molar-refractivity contribution is 0.114. The Hall–Kier alpha value is -0.320. The fourth-order valence-electron chi connectivity index (χ4n) is 1.74. The van der Waals surface area contributed by atoms with E-state index in [1.165, 1.54) is 0 Å². The molecule has 0 radical (unpaired) electrons. The molecule has 5 heteroatoms. The molecule has 0 saturated heterocycles. The quantitative estimate of drug-likeness (QED) is 0.654. The highest BCUT2D eigenvalue weighted by atomic mass is 35.5. The van der Waals surface area contributed by atoms with Crippen LogP contribution in [0.1, 0.15) is 10.9 Å². The summed E-state index contributed by atoms with van der Waals surface area (Å²) in [5, 5.41) is 0.661. The normalized spacial score (nSPS) is 12.9. The SMILES string of the molecule is COCCN(CCOC)CC(Cl)c1ccc(Cl)cc1. The van der Waals surface area contributed by atoms with Crippen molar-refractivity contribution in [3.8, 4) is 0 Å². The Labute approximate surface area is 125 Å². The van der Waals surface area contributed by atoms with E-state index in [0.29, 0.717) is 13.2 Å². The maximum absolute atomic E-state index is 6.44.